The molecule has 21 heavy (non-hydrogen) atoms. The molecule has 0 amide bonds. The van der Waals surface area contributed by atoms with Crippen molar-refractivity contribution >= 4 is 23.0 Å². The van der Waals surface area contributed by atoms with Crippen LogP contribution in [0.5, 0.6) is 0 Å². The van der Waals surface area contributed by atoms with E-state index < -0.39 is 0 Å². The van der Waals surface area contributed by atoms with Crippen molar-refractivity contribution in [3.63, 3.8) is 0 Å². The van der Waals surface area contributed by atoms with Gasteiger partial charge < -0.3 is 15.4 Å². The maximum absolute atomic E-state index is 5.52. The Labute approximate surface area is 133 Å². The van der Waals surface area contributed by atoms with Crippen LogP contribution in [-0.2, 0) is 4.74 Å². The van der Waals surface area contributed by atoms with E-state index in [1.165, 1.54) is 36.8 Å². The summed E-state index contributed by atoms with van der Waals surface area (Å²) >= 11 is 5.52. The van der Waals surface area contributed by atoms with E-state index in [-0.39, 0.29) is 5.54 Å². The second kappa shape index (κ2) is 7.23. The van der Waals surface area contributed by atoms with Crippen molar-refractivity contribution in [2.24, 2.45) is 0 Å². The number of nitrogens with one attached hydrogen (secondary N) is 2. The average molecular weight is 306 g/mol. The molecule has 1 fully saturated rings. The lowest BCUT2D eigenvalue weighted by molar-refractivity contribution is 0.163. The Morgan fingerprint density at radius 1 is 1.19 bits per heavy atom. The molecule has 116 valence electrons. The summed E-state index contributed by atoms with van der Waals surface area (Å²) in [4.78, 5) is 0. The molecule has 1 saturated carbocycles. The number of benzene rings is 1. The molecule has 1 aliphatic rings. The normalized spacial score (nSPS) is 16.7. The van der Waals surface area contributed by atoms with Gasteiger partial charge in [-0.3, -0.25) is 0 Å². The first-order valence-corrected chi connectivity index (χ1v) is 8.10. The largest absolute Gasteiger partial charge is 0.385 e. The standard InChI is InChI=1S/C17H26N2OS/c1-13-10-14(2)12-15(11-13)18-16(21)19-17(8-9-20-3)6-4-5-7-17/h10-12H,4-9H2,1-3H3,(H2,18,19,21). The van der Waals surface area contributed by atoms with Crippen LogP contribution in [-0.4, -0.2) is 24.4 Å². The van der Waals surface area contributed by atoms with Crippen molar-refractivity contribution in [3.05, 3.63) is 29.3 Å². The van der Waals surface area contributed by atoms with Crippen molar-refractivity contribution < 1.29 is 4.74 Å². The van der Waals surface area contributed by atoms with Gasteiger partial charge in [-0.05, 0) is 68.6 Å². The summed E-state index contributed by atoms with van der Waals surface area (Å²) in [5.41, 5.74) is 3.66. The van der Waals surface area contributed by atoms with Gasteiger partial charge >= 0.3 is 0 Å². The molecule has 0 heterocycles. The van der Waals surface area contributed by atoms with Gasteiger partial charge in [-0.15, -0.1) is 0 Å². The number of rotatable bonds is 5. The molecule has 0 aliphatic heterocycles. The SMILES string of the molecule is COCCC1(NC(=S)Nc2cc(C)cc(C)c2)CCCC1. The third-order valence-electron chi connectivity index (χ3n) is 4.20. The molecule has 3 nitrogen and oxygen atoms in total. The van der Waals surface area contributed by atoms with Gasteiger partial charge in [-0.2, -0.15) is 0 Å². The smallest absolute Gasteiger partial charge is 0.171 e. The van der Waals surface area contributed by atoms with Crippen LogP contribution >= 0.6 is 12.2 Å². The zero-order valence-corrected chi connectivity index (χ0v) is 14.1. The van der Waals surface area contributed by atoms with E-state index in [2.05, 4.69) is 42.7 Å². The van der Waals surface area contributed by atoms with Gasteiger partial charge in [0.15, 0.2) is 5.11 Å². The minimum atomic E-state index is 0.110. The monoisotopic (exact) mass is 306 g/mol. The lowest BCUT2D eigenvalue weighted by atomic mass is 9.94. The van der Waals surface area contributed by atoms with Crippen molar-refractivity contribution in [1.82, 2.24) is 5.32 Å². The van der Waals surface area contributed by atoms with Crippen LogP contribution in [0.1, 0.15) is 43.2 Å². The molecular formula is C17H26N2OS. The summed E-state index contributed by atoms with van der Waals surface area (Å²) in [5.74, 6) is 0. The van der Waals surface area contributed by atoms with Gasteiger partial charge in [0.05, 0.1) is 0 Å². The first kappa shape index (κ1) is 16.2. The van der Waals surface area contributed by atoms with E-state index in [0.29, 0.717) is 0 Å². The Bertz CT molecular complexity index is 475. The zero-order chi connectivity index (χ0) is 15.3. The second-order valence-corrected chi connectivity index (χ2v) is 6.59. The van der Waals surface area contributed by atoms with Crippen LogP contribution < -0.4 is 10.6 Å². The van der Waals surface area contributed by atoms with Crippen molar-refractivity contribution in [1.29, 1.82) is 0 Å². The van der Waals surface area contributed by atoms with E-state index in [1.807, 2.05) is 0 Å². The van der Waals surface area contributed by atoms with Gasteiger partial charge in [0, 0.05) is 24.9 Å². The molecule has 0 radical (unpaired) electrons. The fraction of sp³-hybridized carbons (Fsp3) is 0.588. The molecule has 2 N–H and O–H groups in total. The number of hydrogen-bond acceptors (Lipinski definition) is 2. The summed E-state index contributed by atoms with van der Waals surface area (Å²) in [6.45, 7) is 4.98. The number of aryl methyl sites for hydroxylation is 2. The molecule has 1 aromatic carbocycles. The van der Waals surface area contributed by atoms with Crippen LogP contribution in [0.3, 0.4) is 0 Å². The maximum Gasteiger partial charge on any atom is 0.171 e. The third-order valence-corrected chi connectivity index (χ3v) is 4.41. The molecule has 0 aromatic heterocycles. The van der Waals surface area contributed by atoms with Crippen LogP contribution in [0.15, 0.2) is 18.2 Å². The van der Waals surface area contributed by atoms with E-state index in [9.17, 15) is 0 Å². The van der Waals surface area contributed by atoms with Gasteiger partial charge in [-0.25, -0.2) is 0 Å². The highest BCUT2D eigenvalue weighted by Gasteiger charge is 2.33. The number of hydrogen-bond donors (Lipinski definition) is 2. The van der Waals surface area contributed by atoms with Gasteiger partial charge in [0.25, 0.3) is 0 Å². The highest BCUT2D eigenvalue weighted by atomic mass is 32.1. The van der Waals surface area contributed by atoms with Crippen LogP contribution in [0.4, 0.5) is 5.69 Å². The molecular weight excluding hydrogens is 280 g/mol. The molecule has 4 heteroatoms. The Morgan fingerprint density at radius 2 is 1.81 bits per heavy atom. The number of anilines is 1. The Kier molecular flexibility index (Phi) is 5.59. The Hall–Kier alpha value is -1.13. The Balaban J connectivity index is 1.99. The summed E-state index contributed by atoms with van der Waals surface area (Å²) in [5, 5.41) is 7.61. The summed E-state index contributed by atoms with van der Waals surface area (Å²) in [7, 11) is 1.76. The van der Waals surface area contributed by atoms with Crippen molar-refractivity contribution in [2.75, 3.05) is 19.0 Å². The molecule has 0 saturated heterocycles. The molecule has 0 unspecified atom stereocenters. The van der Waals surface area contributed by atoms with E-state index in [1.54, 1.807) is 7.11 Å². The van der Waals surface area contributed by atoms with Crippen LogP contribution in [0.2, 0.25) is 0 Å². The van der Waals surface area contributed by atoms with E-state index in [4.69, 9.17) is 17.0 Å². The highest BCUT2D eigenvalue weighted by molar-refractivity contribution is 7.80. The predicted molar refractivity (Wildman–Crippen MR) is 93.0 cm³/mol. The first-order chi connectivity index (χ1) is 10.0. The highest BCUT2D eigenvalue weighted by Crippen LogP contribution is 2.32. The van der Waals surface area contributed by atoms with Crippen molar-refractivity contribution in [2.45, 2.75) is 51.5 Å². The third kappa shape index (κ3) is 4.68. The lowest BCUT2D eigenvalue weighted by Crippen LogP contribution is -2.48. The molecule has 2 rings (SSSR count). The van der Waals surface area contributed by atoms with Crippen molar-refractivity contribution in [3.8, 4) is 0 Å². The summed E-state index contributed by atoms with van der Waals surface area (Å²) in [6, 6.07) is 6.41. The quantitative estimate of drug-likeness (QED) is 0.807. The van der Waals surface area contributed by atoms with Crippen LogP contribution in [0.25, 0.3) is 0 Å². The van der Waals surface area contributed by atoms with Crippen LogP contribution in [0, 0.1) is 13.8 Å². The zero-order valence-electron chi connectivity index (χ0n) is 13.3. The fourth-order valence-electron chi connectivity index (χ4n) is 3.24. The lowest BCUT2D eigenvalue weighted by Gasteiger charge is -2.31. The maximum atomic E-state index is 5.52. The predicted octanol–water partition coefficient (Wildman–Crippen LogP) is 3.94. The summed E-state index contributed by atoms with van der Waals surface area (Å²) in [6.07, 6.45) is 5.89. The molecule has 1 aromatic rings. The Morgan fingerprint density at radius 3 is 2.38 bits per heavy atom. The first-order valence-electron chi connectivity index (χ1n) is 7.69. The molecule has 0 spiro atoms. The minimum absolute atomic E-state index is 0.110. The van der Waals surface area contributed by atoms with E-state index >= 15 is 0 Å². The number of methoxy groups -OCH3 is 1. The topological polar surface area (TPSA) is 33.3 Å². The second-order valence-electron chi connectivity index (χ2n) is 6.19. The van der Waals surface area contributed by atoms with E-state index in [0.717, 1.165) is 23.8 Å². The number of ether oxygens (including phenoxy) is 1. The average Bonchev–Trinajstić information content (AvgIpc) is 2.83. The van der Waals surface area contributed by atoms with Gasteiger partial charge in [0.2, 0.25) is 0 Å². The van der Waals surface area contributed by atoms with Gasteiger partial charge in [0.1, 0.15) is 0 Å². The summed E-state index contributed by atoms with van der Waals surface area (Å²) < 4.78 is 5.26. The minimum Gasteiger partial charge on any atom is -0.385 e. The fourth-order valence-corrected chi connectivity index (χ4v) is 3.57. The molecule has 0 atom stereocenters. The number of thiocarbonyl (C=S) groups is 1. The molecule has 1 aliphatic carbocycles. The van der Waals surface area contributed by atoms with Gasteiger partial charge in [-0.1, -0.05) is 18.9 Å². The molecule has 0 bridgehead atoms.